The maximum absolute atomic E-state index is 11.1. The first-order valence-electron chi connectivity index (χ1n) is 4.85. The topological polar surface area (TPSA) is 43.1 Å². The minimum atomic E-state index is -0.430. The minimum Gasteiger partial charge on any atom is -0.313 e. The first kappa shape index (κ1) is 11.1. The lowest BCUT2D eigenvalue weighted by molar-refractivity contribution is 0.360. The van der Waals surface area contributed by atoms with Gasteiger partial charge >= 0.3 is 5.63 Å². The van der Waals surface area contributed by atoms with Gasteiger partial charge in [0, 0.05) is 11.6 Å². The van der Waals surface area contributed by atoms with Crippen molar-refractivity contribution in [2.24, 2.45) is 0 Å². The molecular weight excluding hydrogens is 270 g/mol. The highest BCUT2D eigenvalue weighted by atomic mass is 79.9. The van der Waals surface area contributed by atoms with Crippen LogP contribution in [0.3, 0.4) is 0 Å². The van der Waals surface area contributed by atoms with E-state index in [9.17, 15) is 4.79 Å². The van der Waals surface area contributed by atoms with Crippen molar-refractivity contribution < 1.29 is 4.52 Å². The summed E-state index contributed by atoms with van der Waals surface area (Å²) in [7, 11) is 0. The molecule has 1 aromatic heterocycles. The van der Waals surface area contributed by atoms with Gasteiger partial charge in [-0.15, -0.1) is 0 Å². The highest BCUT2D eigenvalue weighted by Gasteiger charge is 2.14. The van der Waals surface area contributed by atoms with Crippen LogP contribution in [0.1, 0.15) is 21.6 Å². The van der Waals surface area contributed by atoms with E-state index in [1.165, 1.54) is 6.07 Å². The zero-order chi connectivity index (χ0) is 11.5. The third-order valence-electron chi connectivity index (χ3n) is 2.33. The molecule has 1 unspecified atom stereocenters. The van der Waals surface area contributed by atoms with E-state index in [0.29, 0.717) is 5.69 Å². The molecule has 0 aliphatic rings. The second-order valence-electron chi connectivity index (χ2n) is 3.46. The lowest BCUT2D eigenvalue weighted by Gasteiger charge is -2.10. The van der Waals surface area contributed by atoms with Crippen LogP contribution in [0.15, 0.2) is 45.7 Å². The lowest BCUT2D eigenvalue weighted by Crippen LogP contribution is -2.06. The molecule has 0 aliphatic carbocycles. The highest BCUT2D eigenvalue weighted by molar-refractivity contribution is 9.09. The van der Waals surface area contributed by atoms with E-state index in [4.69, 9.17) is 0 Å². The monoisotopic (exact) mass is 279 g/mol. The summed E-state index contributed by atoms with van der Waals surface area (Å²) in [5.74, 6) is 0. The Kier molecular flexibility index (Phi) is 3.19. The fourth-order valence-corrected chi connectivity index (χ4v) is 2.25. The van der Waals surface area contributed by atoms with Crippen LogP contribution in [0.5, 0.6) is 0 Å². The molecule has 2 aromatic rings. The molecule has 2 rings (SSSR count). The number of nitrogens with zero attached hydrogens (tertiary/aromatic N) is 1. The van der Waals surface area contributed by atoms with E-state index in [2.05, 4.69) is 25.6 Å². The molecule has 0 bridgehead atoms. The van der Waals surface area contributed by atoms with Gasteiger partial charge in [-0.25, -0.2) is 4.79 Å². The summed E-state index contributed by atoms with van der Waals surface area (Å²) >= 11 is 3.56. The smallest absolute Gasteiger partial charge is 0.313 e. The summed E-state index contributed by atoms with van der Waals surface area (Å²) < 4.78 is 4.56. The van der Waals surface area contributed by atoms with Crippen LogP contribution >= 0.6 is 15.9 Å². The maximum atomic E-state index is 11.1. The van der Waals surface area contributed by atoms with E-state index in [1.54, 1.807) is 0 Å². The van der Waals surface area contributed by atoms with Gasteiger partial charge in [0.25, 0.3) is 0 Å². The Morgan fingerprint density at radius 2 is 2.00 bits per heavy atom. The number of aromatic nitrogens is 1. The van der Waals surface area contributed by atoms with E-state index in [0.717, 1.165) is 11.1 Å². The van der Waals surface area contributed by atoms with Gasteiger partial charge in [-0.3, -0.25) is 0 Å². The largest absolute Gasteiger partial charge is 0.358 e. The second-order valence-corrected chi connectivity index (χ2v) is 4.38. The SMILES string of the molecule is Cc1noc(=O)cc1C(Br)c1ccccc1. The van der Waals surface area contributed by atoms with Crippen LogP contribution in [0.25, 0.3) is 0 Å². The first-order valence-corrected chi connectivity index (χ1v) is 5.76. The van der Waals surface area contributed by atoms with Crippen molar-refractivity contribution >= 4 is 15.9 Å². The molecule has 0 fully saturated rings. The predicted octanol–water partition coefficient (Wildman–Crippen LogP) is 2.83. The molecule has 0 saturated heterocycles. The lowest BCUT2D eigenvalue weighted by atomic mass is 10.0. The minimum absolute atomic E-state index is 0.0368. The van der Waals surface area contributed by atoms with Crippen molar-refractivity contribution in [3.63, 3.8) is 0 Å². The average Bonchev–Trinajstić information content (AvgIpc) is 2.32. The number of halogens is 1. The van der Waals surface area contributed by atoms with Gasteiger partial charge < -0.3 is 4.52 Å². The van der Waals surface area contributed by atoms with Crippen LogP contribution in [0.4, 0.5) is 0 Å². The molecule has 0 radical (unpaired) electrons. The number of alkyl halides is 1. The second kappa shape index (κ2) is 4.61. The number of rotatable bonds is 2. The Labute approximate surface area is 101 Å². The van der Waals surface area contributed by atoms with Crippen molar-refractivity contribution in [2.45, 2.75) is 11.8 Å². The van der Waals surface area contributed by atoms with Crippen molar-refractivity contribution in [3.8, 4) is 0 Å². The third kappa shape index (κ3) is 2.22. The van der Waals surface area contributed by atoms with Crippen molar-refractivity contribution in [2.75, 3.05) is 0 Å². The zero-order valence-corrected chi connectivity index (χ0v) is 10.3. The summed E-state index contributed by atoms with van der Waals surface area (Å²) in [5.41, 5.74) is 2.20. The van der Waals surface area contributed by atoms with Crippen LogP contribution in [0, 0.1) is 6.92 Å². The molecule has 1 heterocycles. The molecule has 1 atom stereocenters. The Morgan fingerprint density at radius 3 is 2.69 bits per heavy atom. The van der Waals surface area contributed by atoms with Crippen LogP contribution in [-0.4, -0.2) is 5.16 Å². The normalized spacial score (nSPS) is 12.4. The van der Waals surface area contributed by atoms with Gasteiger partial charge in [-0.2, -0.15) is 0 Å². The fraction of sp³-hybridized carbons (Fsp3) is 0.167. The van der Waals surface area contributed by atoms with Crippen LogP contribution < -0.4 is 5.63 Å². The number of hydrogen-bond donors (Lipinski definition) is 0. The van der Waals surface area contributed by atoms with Gasteiger partial charge in [0.05, 0.1) is 10.5 Å². The Bertz CT molecular complexity index is 536. The van der Waals surface area contributed by atoms with Gasteiger partial charge in [0.2, 0.25) is 0 Å². The molecule has 82 valence electrons. The summed E-state index contributed by atoms with van der Waals surface area (Å²) in [4.78, 5) is 11.1. The molecule has 4 heteroatoms. The quantitative estimate of drug-likeness (QED) is 0.794. The average molecular weight is 280 g/mol. The molecule has 16 heavy (non-hydrogen) atoms. The summed E-state index contributed by atoms with van der Waals surface area (Å²) in [6, 6.07) is 11.3. The highest BCUT2D eigenvalue weighted by Crippen LogP contribution is 2.30. The molecule has 0 amide bonds. The van der Waals surface area contributed by atoms with Gasteiger partial charge in [-0.05, 0) is 12.5 Å². The maximum Gasteiger partial charge on any atom is 0.358 e. The van der Waals surface area contributed by atoms with Crippen molar-refractivity contribution in [1.29, 1.82) is 0 Å². The van der Waals surface area contributed by atoms with Crippen LogP contribution in [-0.2, 0) is 0 Å². The molecule has 0 spiro atoms. The van der Waals surface area contributed by atoms with E-state index in [1.807, 2.05) is 37.3 Å². The molecular formula is C12H10BrNO2. The summed E-state index contributed by atoms with van der Waals surface area (Å²) in [6.45, 7) is 1.81. The Morgan fingerprint density at radius 1 is 1.31 bits per heavy atom. The van der Waals surface area contributed by atoms with Gasteiger partial charge in [0.1, 0.15) is 0 Å². The molecule has 0 saturated carbocycles. The first-order chi connectivity index (χ1) is 7.68. The molecule has 3 nitrogen and oxygen atoms in total. The standard InChI is InChI=1S/C12H10BrNO2/c1-8-10(7-11(15)16-14-8)12(13)9-5-3-2-4-6-9/h2-7,12H,1H3. The van der Waals surface area contributed by atoms with Crippen molar-refractivity contribution in [1.82, 2.24) is 5.16 Å². The van der Waals surface area contributed by atoms with Crippen LogP contribution in [0.2, 0.25) is 0 Å². The van der Waals surface area contributed by atoms with Gasteiger partial charge in [-0.1, -0.05) is 51.4 Å². The Hall–Kier alpha value is -1.42. The van der Waals surface area contributed by atoms with Gasteiger partial charge in [0.15, 0.2) is 0 Å². The summed E-state index contributed by atoms with van der Waals surface area (Å²) in [6.07, 6.45) is 0. The summed E-state index contributed by atoms with van der Waals surface area (Å²) in [5, 5.41) is 3.71. The number of benzene rings is 1. The molecule has 0 N–H and O–H groups in total. The van der Waals surface area contributed by atoms with E-state index < -0.39 is 5.63 Å². The zero-order valence-electron chi connectivity index (χ0n) is 8.68. The predicted molar refractivity (Wildman–Crippen MR) is 64.7 cm³/mol. The van der Waals surface area contributed by atoms with Crippen molar-refractivity contribution in [3.05, 3.63) is 63.6 Å². The third-order valence-corrected chi connectivity index (χ3v) is 3.35. The Balaban J connectivity index is 2.45. The molecule has 1 aromatic carbocycles. The van der Waals surface area contributed by atoms with E-state index >= 15 is 0 Å². The fourth-order valence-electron chi connectivity index (χ4n) is 1.48. The number of aryl methyl sites for hydroxylation is 1. The molecule has 0 aliphatic heterocycles. The number of hydrogen-bond acceptors (Lipinski definition) is 3. The van der Waals surface area contributed by atoms with E-state index in [-0.39, 0.29) is 4.83 Å².